The molecule has 2 aliphatic rings. The quantitative estimate of drug-likeness (QED) is 0.0477. The third-order valence-electron chi connectivity index (χ3n) is 13.3. The molecule has 0 saturated carbocycles. The van der Waals surface area contributed by atoms with E-state index in [1.54, 1.807) is 0 Å². The SMILES string of the molecule is CCC(C)CCCCCCCCC1CC(=O)N[C@@H](CC(N)=O)C(=O)N[C@H](Cc2ccc(O)cc2)C(=O)N[C@@H](CC(N)=O)C(=O)N[C@@H](CCC(N)=O)C(=O)N2CCC[C@H]2C(=O)N[C@H](CC(N)=O)C(=O)N[C@@H](CC(N)=O)C(=O)N1. The Hall–Kier alpha value is -7.87. The number of carbonyl (C=O) groups excluding carboxylic acids is 13. The van der Waals surface area contributed by atoms with Gasteiger partial charge in [-0.15, -0.1) is 0 Å². The number of nitrogens with two attached hydrogens (primary N) is 5. The first kappa shape index (κ1) is 63.4. The molecule has 0 bridgehead atoms. The maximum atomic E-state index is 14.3. The highest BCUT2D eigenvalue weighted by Gasteiger charge is 2.41. The summed E-state index contributed by atoms with van der Waals surface area (Å²) in [4.78, 5) is 175. The van der Waals surface area contributed by atoms with E-state index < -0.39 is 170 Å². The molecule has 2 unspecified atom stereocenters. The summed E-state index contributed by atoms with van der Waals surface area (Å²) < 4.78 is 0. The van der Waals surface area contributed by atoms with Crippen molar-refractivity contribution in [1.82, 2.24) is 42.1 Å². The fourth-order valence-corrected chi connectivity index (χ4v) is 8.92. The van der Waals surface area contributed by atoms with Crippen molar-refractivity contribution in [2.24, 2.45) is 34.6 Å². The Kier molecular flexibility index (Phi) is 26.3. The van der Waals surface area contributed by atoms with Gasteiger partial charge in [0.2, 0.25) is 76.8 Å². The summed E-state index contributed by atoms with van der Waals surface area (Å²) in [6, 6.07) is -7.63. The van der Waals surface area contributed by atoms with E-state index in [-0.39, 0.29) is 38.0 Å². The second-order valence-corrected chi connectivity index (χ2v) is 19.8. The van der Waals surface area contributed by atoms with E-state index in [2.05, 4.69) is 51.1 Å². The number of fused-ring (bicyclic) bond motifs is 1. The Morgan fingerprint density at radius 1 is 0.558 bits per heavy atom. The molecule has 0 aliphatic carbocycles. The molecule has 2 heterocycles. The average Bonchev–Trinajstić information content (AvgIpc) is 3.85. The maximum Gasteiger partial charge on any atom is 0.245 e. The predicted octanol–water partition coefficient (Wildman–Crippen LogP) is -3.34. The Bertz CT molecular complexity index is 2300. The fourth-order valence-electron chi connectivity index (χ4n) is 8.92. The second-order valence-electron chi connectivity index (χ2n) is 19.8. The summed E-state index contributed by atoms with van der Waals surface area (Å²) in [6.07, 6.45) is 2.16. The zero-order valence-corrected chi connectivity index (χ0v) is 43.7. The van der Waals surface area contributed by atoms with Gasteiger partial charge in [-0.1, -0.05) is 77.3 Å². The monoisotopic (exact) mass is 1080 g/mol. The Morgan fingerprint density at radius 2 is 1.00 bits per heavy atom. The molecule has 2 aliphatic heterocycles. The van der Waals surface area contributed by atoms with Gasteiger partial charge in [0, 0.05) is 31.8 Å². The summed E-state index contributed by atoms with van der Waals surface area (Å²) in [6.45, 7) is 4.21. The first-order chi connectivity index (χ1) is 36.4. The van der Waals surface area contributed by atoms with Gasteiger partial charge in [0.05, 0.1) is 25.7 Å². The molecule has 0 radical (unpaired) electrons. The van der Waals surface area contributed by atoms with Crippen LogP contribution in [0.15, 0.2) is 24.3 Å². The van der Waals surface area contributed by atoms with Crippen LogP contribution in [0.5, 0.6) is 5.75 Å². The van der Waals surface area contributed by atoms with Crippen LogP contribution >= 0.6 is 0 Å². The minimum Gasteiger partial charge on any atom is -0.508 e. The number of unbranched alkanes of at least 4 members (excludes halogenated alkanes) is 5. The standard InChI is InChI=1S/C50H77N13O14/c1-3-27(2)11-8-6-4-5-7-9-12-29-22-43(70)57-33(23-39(52)66)46(73)59-32(21-28-14-16-30(64)17-15-28)45(72)61-35(25-41(54)68)47(74)58-31(18-19-38(51)65)50(77)63-20-10-13-37(63)49(76)62-36(26-42(55)69)48(75)60-34(24-40(53)67)44(71)56-29/h14-17,27,29,31-37,64H,3-13,18-26H2,1-2H3,(H2,51,65)(H2,52,66)(H2,53,67)(H2,54,68)(H2,55,69)(H,56,71)(H,57,70)(H,58,74)(H,59,73)(H,60,75)(H,61,72)(H,62,76)/t27?,29?,31-,32+,33-,34-,35-,36+,37-/m0/s1. The van der Waals surface area contributed by atoms with Crippen molar-refractivity contribution in [2.45, 2.75) is 184 Å². The van der Waals surface area contributed by atoms with Crippen LogP contribution in [0.2, 0.25) is 0 Å². The van der Waals surface area contributed by atoms with Gasteiger partial charge in [0.25, 0.3) is 0 Å². The van der Waals surface area contributed by atoms with Gasteiger partial charge in [-0.25, -0.2) is 0 Å². The summed E-state index contributed by atoms with van der Waals surface area (Å²) in [5, 5.41) is 26.9. The van der Waals surface area contributed by atoms with Crippen LogP contribution < -0.4 is 65.9 Å². The van der Waals surface area contributed by atoms with Gasteiger partial charge in [0.1, 0.15) is 48.0 Å². The fraction of sp³-hybridized carbons (Fsp3) is 0.620. The van der Waals surface area contributed by atoms with E-state index >= 15 is 0 Å². The molecule has 1 aromatic rings. The number of hydrogen-bond donors (Lipinski definition) is 13. The molecule has 1 aromatic carbocycles. The Morgan fingerprint density at radius 3 is 1.51 bits per heavy atom. The van der Waals surface area contributed by atoms with Gasteiger partial charge < -0.3 is 75.9 Å². The van der Waals surface area contributed by atoms with Gasteiger partial charge in [-0.3, -0.25) is 62.3 Å². The number of benzene rings is 1. The molecule has 2 fully saturated rings. The Labute approximate surface area is 446 Å². The largest absolute Gasteiger partial charge is 0.508 e. The molecule has 2 saturated heterocycles. The smallest absolute Gasteiger partial charge is 0.245 e. The number of primary amides is 5. The molecule has 18 N–H and O–H groups in total. The van der Waals surface area contributed by atoms with Gasteiger partial charge in [-0.05, 0) is 49.3 Å². The maximum absolute atomic E-state index is 14.3. The van der Waals surface area contributed by atoms with Crippen molar-refractivity contribution < 1.29 is 67.4 Å². The number of hydrogen-bond acceptors (Lipinski definition) is 14. The minimum atomic E-state index is -1.87. The van der Waals surface area contributed by atoms with E-state index in [0.717, 1.165) is 43.4 Å². The van der Waals surface area contributed by atoms with Gasteiger partial charge in [0.15, 0.2) is 0 Å². The van der Waals surface area contributed by atoms with Crippen LogP contribution in [0.4, 0.5) is 0 Å². The van der Waals surface area contributed by atoms with E-state index in [1.165, 1.54) is 24.3 Å². The van der Waals surface area contributed by atoms with Crippen LogP contribution in [-0.2, 0) is 68.7 Å². The van der Waals surface area contributed by atoms with Crippen LogP contribution in [0.25, 0.3) is 0 Å². The molecule has 13 amide bonds. The van der Waals surface area contributed by atoms with Crippen LogP contribution in [0.1, 0.15) is 135 Å². The zero-order chi connectivity index (χ0) is 57.4. The summed E-state index contributed by atoms with van der Waals surface area (Å²) in [7, 11) is 0. The molecule has 426 valence electrons. The molecule has 3 rings (SSSR count). The van der Waals surface area contributed by atoms with Gasteiger partial charge in [-0.2, -0.15) is 0 Å². The summed E-state index contributed by atoms with van der Waals surface area (Å²) in [5.74, 6) is -13.3. The van der Waals surface area contributed by atoms with Crippen molar-refractivity contribution >= 4 is 76.8 Å². The number of amides is 13. The van der Waals surface area contributed by atoms with Crippen LogP contribution in [0.3, 0.4) is 0 Å². The number of phenolic OH excluding ortho intramolecular Hbond substituents is 1. The molecule has 0 aromatic heterocycles. The highest BCUT2D eigenvalue weighted by atomic mass is 16.3. The lowest BCUT2D eigenvalue weighted by atomic mass is 9.99. The van der Waals surface area contributed by atoms with E-state index in [1.807, 2.05) is 0 Å². The molecule has 27 nitrogen and oxygen atoms in total. The molecule has 0 spiro atoms. The molecular weight excluding hydrogens is 1010 g/mol. The number of phenols is 1. The molecule has 27 heteroatoms. The second kappa shape index (κ2) is 31.9. The highest BCUT2D eigenvalue weighted by Crippen LogP contribution is 2.21. The molecule has 9 atom stereocenters. The van der Waals surface area contributed by atoms with E-state index in [9.17, 15) is 67.4 Å². The van der Waals surface area contributed by atoms with Crippen molar-refractivity contribution in [3.8, 4) is 5.75 Å². The normalized spacial score (nSPS) is 23.9. The van der Waals surface area contributed by atoms with Crippen LogP contribution in [0, 0.1) is 5.92 Å². The first-order valence-corrected chi connectivity index (χ1v) is 26.0. The van der Waals surface area contributed by atoms with Crippen molar-refractivity contribution in [3.05, 3.63) is 29.8 Å². The van der Waals surface area contributed by atoms with Crippen LogP contribution in [-0.4, -0.2) is 142 Å². The van der Waals surface area contributed by atoms with E-state index in [4.69, 9.17) is 28.7 Å². The first-order valence-electron chi connectivity index (χ1n) is 26.0. The van der Waals surface area contributed by atoms with Gasteiger partial charge >= 0.3 is 0 Å². The third kappa shape index (κ3) is 22.9. The summed E-state index contributed by atoms with van der Waals surface area (Å²) >= 11 is 0. The van der Waals surface area contributed by atoms with Crippen molar-refractivity contribution in [1.29, 1.82) is 0 Å². The lowest BCUT2D eigenvalue weighted by Crippen LogP contribution is -2.60. The number of nitrogens with one attached hydrogen (secondary N) is 7. The highest BCUT2D eigenvalue weighted by molar-refractivity contribution is 6.00. The molecule has 77 heavy (non-hydrogen) atoms. The lowest BCUT2D eigenvalue weighted by molar-refractivity contribution is -0.143. The number of aromatic hydroxyl groups is 1. The predicted molar refractivity (Wildman–Crippen MR) is 275 cm³/mol. The number of rotatable bonds is 23. The molecular formula is C50H77N13O14. The minimum absolute atomic E-state index is 0.0202. The lowest BCUT2D eigenvalue weighted by Gasteiger charge is -2.31. The Balaban J connectivity index is 2.16. The third-order valence-corrected chi connectivity index (χ3v) is 13.3. The van der Waals surface area contributed by atoms with E-state index in [0.29, 0.717) is 24.3 Å². The summed E-state index contributed by atoms with van der Waals surface area (Å²) in [5.41, 5.74) is 27.7. The average molecular weight is 1080 g/mol. The van der Waals surface area contributed by atoms with Crippen molar-refractivity contribution in [2.75, 3.05) is 6.54 Å². The van der Waals surface area contributed by atoms with Crippen molar-refractivity contribution in [3.63, 3.8) is 0 Å². The number of nitrogens with zero attached hydrogens (tertiary/aromatic N) is 1. The zero-order valence-electron chi connectivity index (χ0n) is 43.7. The topological polar surface area (TPSA) is 460 Å². The number of carbonyl (C=O) groups is 13.